The average molecular weight is 346 g/mol. The predicted octanol–water partition coefficient (Wildman–Crippen LogP) is 2.12. The molecule has 1 saturated heterocycles. The van der Waals surface area contributed by atoms with Crippen molar-refractivity contribution in [2.24, 2.45) is 5.41 Å². The summed E-state index contributed by atoms with van der Waals surface area (Å²) in [5.41, 5.74) is 0.771. The van der Waals surface area contributed by atoms with Gasteiger partial charge >= 0.3 is 0 Å². The first-order chi connectivity index (χ1) is 12.2. The van der Waals surface area contributed by atoms with Crippen molar-refractivity contribution in [1.29, 1.82) is 0 Å². The first-order valence-corrected chi connectivity index (χ1v) is 9.49. The maximum Gasteiger partial charge on any atom is 0.253 e. The number of carbonyl (C=O) groups excluding carboxylic acids is 1. The van der Waals surface area contributed by atoms with Gasteiger partial charge in [0.1, 0.15) is 0 Å². The molecule has 138 valence electrons. The van der Waals surface area contributed by atoms with Crippen LogP contribution in [0.4, 0.5) is 0 Å². The maximum absolute atomic E-state index is 12.4. The van der Waals surface area contributed by atoms with Gasteiger partial charge < -0.3 is 15.2 Å². The van der Waals surface area contributed by atoms with Crippen molar-refractivity contribution < 1.29 is 14.6 Å². The molecule has 2 N–H and O–H groups in total. The molecule has 1 aromatic carbocycles. The lowest BCUT2D eigenvalue weighted by Crippen LogP contribution is -2.50. The van der Waals surface area contributed by atoms with Gasteiger partial charge in [-0.1, -0.05) is 49.6 Å². The summed E-state index contributed by atoms with van der Waals surface area (Å²) in [7, 11) is 0. The lowest BCUT2D eigenvalue weighted by molar-refractivity contribution is -0.130. The Hall–Kier alpha value is -1.43. The summed E-state index contributed by atoms with van der Waals surface area (Å²) in [5.74, 6) is -0.293. The van der Waals surface area contributed by atoms with Crippen molar-refractivity contribution in [3.63, 3.8) is 0 Å². The summed E-state index contributed by atoms with van der Waals surface area (Å²) in [6.45, 7) is 5.21. The molecule has 1 heterocycles. The van der Waals surface area contributed by atoms with E-state index in [1.807, 2.05) is 18.2 Å². The second-order valence-corrected chi connectivity index (χ2v) is 7.48. The van der Waals surface area contributed by atoms with Crippen LogP contribution in [0.2, 0.25) is 0 Å². The Bertz CT molecular complexity index is 537. The first-order valence-electron chi connectivity index (χ1n) is 9.49. The van der Waals surface area contributed by atoms with Crippen LogP contribution in [0.3, 0.4) is 0 Å². The fourth-order valence-corrected chi connectivity index (χ4v) is 4.08. The molecule has 1 amide bonds. The molecule has 1 atom stereocenters. The van der Waals surface area contributed by atoms with Crippen LogP contribution in [0.1, 0.15) is 43.8 Å². The Balaban J connectivity index is 1.59. The second kappa shape index (κ2) is 8.79. The summed E-state index contributed by atoms with van der Waals surface area (Å²) in [6.07, 6.45) is 4.93. The summed E-state index contributed by atoms with van der Waals surface area (Å²) in [6, 6.07) is 9.13. The van der Waals surface area contributed by atoms with Gasteiger partial charge in [-0.15, -0.1) is 0 Å². The van der Waals surface area contributed by atoms with Gasteiger partial charge in [0, 0.05) is 31.6 Å². The van der Waals surface area contributed by atoms with Crippen molar-refractivity contribution in [2.45, 2.75) is 38.2 Å². The first kappa shape index (κ1) is 18.4. The predicted molar refractivity (Wildman–Crippen MR) is 97.2 cm³/mol. The van der Waals surface area contributed by atoms with Crippen molar-refractivity contribution in [3.05, 3.63) is 35.9 Å². The standard InChI is InChI=1S/C20H30N2O3/c23-18(17-7-3-1-4-8-17)19(24)21-15-20(9-5-2-6-10-20)16-22-11-13-25-14-12-22/h1,3-4,7-8,18,23H,2,5-6,9-16H2,(H,21,24). The van der Waals surface area contributed by atoms with Crippen LogP contribution in [-0.2, 0) is 9.53 Å². The second-order valence-electron chi connectivity index (χ2n) is 7.48. The molecule has 1 aromatic rings. The number of carbonyl (C=O) groups is 1. The molecule has 3 rings (SSSR count). The van der Waals surface area contributed by atoms with Crippen LogP contribution >= 0.6 is 0 Å². The van der Waals surface area contributed by atoms with Crippen LogP contribution in [-0.4, -0.2) is 55.3 Å². The number of nitrogens with zero attached hydrogens (tertiary/aromatic N) is 1. The van der Waals surface area contributed by atoms with Gasteiger partial charge in [-0.25, -0.2) is 0 Å². The third-order valence-corrected chi connectivity index (χ3v) is 5.58. The number of benzene rings is 1. The topological polar surface area (TPSA) is 61.8 Å². The molecule has 2 fully saturated rings. The quantitative estimate of drug-likeness (QED) is 0.828. The minimum absolute atomic E-state index is 0.127. The fraction of sp³-hybridized carbons (Fsp3) is 0.650. The largest absolute Gasteiger partial charge is 0.379 e. The summed E-state index contributed by atoms with van der Waals surface area (Å²) < 4.78 is 5.46. The molecule has 5 nitrogen and oxygen atoms in total. The van der Waals surface area contributed by atoms with Gasteiger partial charge in [0.25, 0.3) is 5.91 Å². The number of rotatable bonds is 6. The van der Waals surface area contributed by atoms with Crippen molar-refractivity contribution in [2.75, 3.05) is 39.4 Å². The third kappa shape index (κ3) is 5.03. The van der Waals surface area contributed by atoms with E-state index in [0.29, 0.717) is 12.1 Å². The Morgan fingerprint density at radius 3 is 2.52 bits per heavy atom. The fourth-order valence-electron chi connectivity index (χ4n) is 4.08. The van der Waals surface area contributed by atoms with Gasteiger partial charge in [-0.2, -0.15) is 0 Å². The minimum atomic E-state index is -1.09. The van der Waals surface area contributed by atoms with E-state index in [9.17, 15) is 9.90 Å². The number of aliphatic hydroxyl groups is 1. The van der Waals surface area contributed by atoms with Crippen LogP contribution in [0.5, 0.6) is 0 Å². The molecule has 0 spiro atoms. The van der Waals surface area contributed by atoms with Crippen molar-refractivity contribution >= 4 is 5.91 Å². The Morgan fingerprint density at radius 2 is 1.84 bits per heavy atom. The van der Waals surface area contributed by atoms with E-state index in [1.165, 1.54) is 19.3 Å². The molecular weight excluding hydrogens is 316 g/mol. The van der Waals surface area contributed by atoms with Crippen LogP contribution in [0, 0.1) is 5.41 Å². The highest BCUT2D eigenvalue weighted by molar-refractivity contribution is 5.81. The number of hydrogen-bond donors (Lipinski definition) is 2. The van der Waals surface area contributed by atoms with Gasteiger partial charge in [-0.05, 0) is 18.4 Å². The monoisotopic (exact) mass is 346 g/mol. The van der Waals surface area contributed by atoms with Crippen LogP contribution in [0.25, 0.3) is 0 Å². The van der Waals surface area contributed by atoms with Crippen molar-refractivity contribution in [1.82, 2.24) is 10.2 Å². The van der Waals surface area contributed by atoms with Gasteiger partial charge in [0.15, 0.2) is 6.10 Å². The third-order valence-electron chi connectivity index (χ3n) is 5.58. The number of morpholine rings is 1. The van der Waals surface area contributed by atoms with Crippen LogP contribution < -0.4 is 5.32 Å². The van der Waals surface area contributed by atoms with Crippen LogP contribution in [0.15, 0.2) is 30.3 Å². The van der Waals surface area contributed by atoms with E-state index in [2.05, 4.69) is 10.2 Å². The number of ether oxygens (including phenoxy) is 1. The SMILES string of the molecule is O=C(NCC1(CN2CCOCC2)CCCCC1)C(O)c1ccccc1. The highest BCUT2D eigenvalue weighted by Crippen LogP contribution is 2.37. The Labute approximate surface area is 150 Å². The number of hydrogen-bond acceptors (Lipinski definition) is 4. The zero-order valence-electron chi connectivity index (χ0n) is 15.0. The molecule has 1 aliphatic carbocycles. The Kier molecular flexibility index (Phi) is 6.45. The van der Waals surface area contributed by atoms with Gasteiger partial charge in [0.05, 0.1) is 13.2 Å². The van der Waals surface area contributed by atoms with E-state index in [4.69, 9.17) is 4.74 Å². The normalized spacial score (nSPS) is 22.3. The molecule has 0 radical (unpaired) electrons. The van der Waals surface area contributed by atoms with E-state index >= 15 is 0 Å². The van der Waals surface area contributed by atoms with E-state index in [1.54, 1.807) is 12.1 Å². The van der Waals surface area contributed by atoms with E-state index < -0.39 is 6.10 Å². The van der Waals surface area contributed by atoms with Gasteiger partial charge in [0.2, 0.25) is 0 Å². The van der Waals surface area contributed by atoms with E-state index in [-0.39, 0.29) is 11.3 Å². The molecule has 0 aromatic heterocycles. The zero-order chi connectivity index (χ0) is 17.5. The molecule has 5 heteroatoms. The van der Waals surface area contributed by atoms with Gasteiger partial charge in [-0.3, -0.25) is 9.69 Å². The molecule has 25 heavy (non-hydrogen) atoms. The molecule has 0 bridgehead atoms. The molecule has 1 saturated carbocycles. The highest BCUT2D eigenvalue weighted by atomic mass is 16.5. The molecule has 1 aliphatic heterocycles. The minimum Gasteiger partial charge on any atom is -0.379 e. The maximum atomic E-state index is 12.4. The number of amides is 1. The van der Waals surface area contributed by atoms with E-state index in [0.717, 1.165) is 45.7 Å². The number of nitrogens with one attached hydrogen (secondary N) is 1. The summed E-state index contributed by atoms with van der Waals surface area (Å²) in [4.78, 5) is 14.9. The molecular formula is C20H30N2O3. The highest BCUT2D eigenvalue weighted by Gasteiger charge is 2.35. The van der Waals surface area contributed by atoms with Crippen molar-refractivity contribution in [3.8, 4) is 0 Å². The lowest BCUT2D eigenvalue weighted by Gasteiger charge is -2.42. The molecule has 2 aliphatic rings. The lowest BCUT2D eigenvalue weighted by atomic mass is 9.73. The Morgan fingerprint density at radius 1 is 1.16 bits per heavy atom. The smallest absolute Gasteiger partial charge is 0.253 e. The zero-order valence-corrected chi connectivity index (χ0v) is 15.0. The summed E-state index contributed by atoms with van der Waals surface area (Å²) >= 11 is 0. The number of aliphatic hydroxyl groups excluding tert-OH is 1. The summed E-state index contributed by atoms with van der Waals surface area (Å²) in [5, 5.41) is 13.3. The average Bonchev–Trinajstić information content (AvgIpc) is 2.68. The molecule has 1 unspecified atom stereocenters.